The van der Waals surface area contributed by atoms with Crippen molar-refractivity contribution < 1.29 is 13.2 Å². The first-order valence-electron chi connectivity index (χ1n) is 6.02. The first-order valence-corrected chi connectivity index (χ1v) is 8.79. The number of aromatic nitrogens is 1. The number of nitrogens with one attached hydrogen (secondary N) is 1. The van der Waals surface area contributed by atoms with Crippen molar-refractivity contribution >= 4 is 27.3 Å². The number of hydrogen-bond donors (Lipinski definition) is 1. The van der Waals surface area contributed by atoms with Crippen LogP contribution in [-0.2, 0) is 21.4 Å². The van der Waals surface area contributed by atoms with Crippen LogP contribution in [0.25, 0.3) is 11.3 Å². The van der Waals surface area contributed by atoms with Crippen molar-refractivity contribution in [3.05, 3.63) is 44.9 Å². The van der Waals surface area contributed by atoms with Crippen molar-refractivity contribution in [2.75, 3.05) is 6.26 Å². The smallest absolute Gasteiger partial charge is 0.289 e. The lowest BCUT2D eigenvalue weighted by Crippen LogP contribution is -2.34. The van der Waals surface area contributed by atoms with E-state index < -0.39 is 15.9 Å². The van der Waals surface area contributed by atoms with Gasteiger partial charge >= 0.3 is 4.87 Å². The number of amides is 1. The Morgan fingerprint density at radius 3 is 2.48 bits per heavy atom. The van der Waals surface area contributed by atoms with Gasteiger partial charge in [-0.15, -0.1) is 0 Å². The van der Waals surface area contributed by atoms with Crippen LogP contribution in [-0.4, -0.2) is 25.1 Å². The van der Waals surface area contributed by atoms with Gasteiger partial charge in [0, 0.05) is 5.38 Å². The number of hydrogen-bond acceptors (Lipinski definition) is 5. The summed E-state index contributed by atoms with van der Waals surface area (Å²) in [6.07, 6.45) is 0.891. The van der Waals surface area contributed by atoms with Crippen LogP contribution >= 0.6 is 11.3 Å². The van der Waals surface area contributed by atoms with E-state index in [0.717, 1.165) is 28.7 Å². The largest absolute Gasteiger partial charge is 0.308 e. The van der Waals surface area contributed by atoms with Crippen molar-refractivity contribution in [2.24, 2.45) is 0 Å². The Kier molecular flexibility index (Phi) is 4.29. The van der Waals surface area contributed by atoms with E-state index in [4.69, 9.17) is 0 Å². The third-order valence-corrected chi connectivity index (χ3v) is 4.09. The van der Waals surface area contributed by atoms with Crippen LogP contribution < -0.4 is 9.60 Å². The van der Waals surface area contributed by atoms with E-state index >= 15 is 0 Å². The van der Waals surface area contributed by atoms with Crippen LogP contribution in [0.1, 0.15) is 5.56 Å². The van der Waals surface area contributed by atoms with Gasteiger partial charge in [-0.25, -0.2) is 8.42 Å². The summed E-state index contributed by atoms with van der Waals surface area (Å²) in [5, 5.41) is 1.65. The highest BCUT2D eigenvalue weighted by atomic mass is 32.2. The first kappa shape index (κ1) is 15.5. The van der Waals surface area contributed by atoms with Crippen LogP contribution in [0.15, 0.2) is 34.4 Å². The van der Waals surface area contributed by atoms with Crippen molar-refractivity contribution in [1.29, 1.82) is 0 Å². The van der Waals surface area contributed by atoms with Gasteiger partial charge < -0.3 is 0 Å². The van der Waals surface area contributed by atoms with Crippen molar-refractivity contribution in [3.63, 3.8) is 0 Å². The average molecular weight is 326 g/mol. The predicted octanol–water partition coefficient (Wildman–Crippen LogP) is 0.961. The van der Waals surface area contributed by atoms with Crippen LogP contribution in [0.3, 0.4) is 0 Å². The molecule has 0 unspecified atom stereocenters. The molecule has 112 valence electrons. The number of carbonyl (C=O) groups excluding carboxylic acids is 1. The molecule has 1 aromatic heterocycles. The molecule has 1 N–H and O–H groups in total. The normalized spacial score (nSPS) is 11.3. The molecule has 21 heavy (non-hydrogen) atoms. The fourth-order valence-corrected chi connectivity index (χ4v) is 3.06. The molecule has 8 heteroatoms. The Morgan fingerprint density at radius 1 is 1.29 bits per heavy atom. The second-order valence-electron chi connectivity index (χ2n) is 4.64. The molecule has 0 atom stereocenters. The maximum Gasteiger partial charge on any atom is 0.308 e. The van der Waals surface area contributed by atoms with Crippen LogP contribution in [0.5, 0.6) is 0 Å². The highest BCUT2D eigenvalue weighted by Gasteiger charge is 2.14. The number of thiazole rings is 1. The molecule has 0 bridgehead atoms. The summed E-state index contributed by atoms with van der Waals surface area (Å²) < 4.78 is 25.2. The molecule has 0 fully saturated rings. The maximum absolute atomic E-state index is 11.8. The molecular formula is C13H14N2O4S2. The van der Waals surface area contributed by atoms with E-state index in [9.17, 15) is 18.0 Å². The van der Waals surface area contributed by atoms with E-state index in [1.165, 1.54) is 4.57 Å². The fourth-order valence-electron chi connectivity index (χ4n) is 1.81. The van der Waals surface area contributed by atoms with E-state index in [-0.39, 0.29) is 11.4 Å². The lowest BCUT2D eigenvalue weighted by atomic mass is 10.1. The molecule has 0 radical (unpaired) electrons. The van der Waals surface area contributed by atoms with Gasteiger partial charge in [-0.3, -0.25) is 18.9 Å². The third kappa shape index (κ3) is 4.02. The molecule has 6 nitrogen and oxygen atoms in total. The monoisotopic (exact) mass is 326 g/mol. The van der Waals surface area contributed by atoms with Gasteiger partial charge in [0.05, 0.1) is 11.9 Å². The minimum absolute atomic E-state index is 0.311. The standard InChI is InChI=1S/C13H14N2O4S2/c1-9-3-5-10(6-4-9)11-8-20-13(17)15(11)7-12(16)14-21(2,18)19/h3-6,8H,7H2,1-2H3,(H,14,16). The molecule has 2 rings (SSSR count). The second-order valence-corrected chi connectivity index (χ2v) is 7.21. The summed E-state index contributed by atoms with van der Waals surface area (Å²) in [5.74, 6) is -0.744. The number of nitrogens with zero attached hydrogens (tertiary/aromatic N) is 1. The van der Waals surface area contributed by atoms with Crippen LogP contribution in [0.2, 0.25) is 0 Å². The SMILES string of the molecule is Cc1ccc(-c2csc(=O)n2CC(=O)NS(C)(=O)=O)cc1. The van der Waals surface area contributed by atoms with Gasteiger partial charge in [-0.1, -0.05) is 41.2 Å². The molecule has 0 saturated carbocycles. The molecule has 0 aliphatic carbocycles. The van der Waals surface area contributed by atoms with Crippen molar-refractivity contribution in [1.82, 2.24) is 9.29 Å². The zero-order valence-electron chi connectivity index (χ0n) is 11.5. The predicted molar refractivity (Wildman–Crippen MR) is 81.7 cm³/mol. The molecule has 0 saturated heterocycles. The topological polar surface area (TPSA) is 85.2 Å². The molecule has 0 spiro atoms. The zero-order chi connectivity index (χ0) is 15.6. The summed E-state index contributed by atoms with van der Waals surface area (Å²) in [7, 11) is -3.63. The highest BCUT2D eigenvalue weighted by Crippen LogP contribution is 2.20. The van der Waals surface area contributed by atoms with Gasteiger partial charge in [0.15, 0.2) is 0 Å². The summed E-state index contributed by atoms with van der Waals surface area (Å²) in [5.41, 5.74) is 2.47. The van der Waals surface area contributed by atoms with E-state index in [1.54, 1.807) is 5.38 Å². The molecule has 0 aliphatic heterocycles. The quantitative estimate of drug-likeness (QED) is 0.907. The molecule has 2 aromatic rings. The van der Waals surface area contributed by atoms with Gasteiger partial charge in [0.25, 0.3) is 5.91 Å². The van der Waals surface area contributed by atoms with Crippen LogP contribution in [0, 0.1) is 6.92 Å². The number of sulfonamides is 1. The maximum atomic E-state index is 11.8. The number of rotatable bonds is 4. The van der Waals surface area contributed by atoms with Gasteiger partial charge in [-0.05, 0) is 12.5 Å². The average Bonchev–Trinajstić information content (AvgIpc) is 2.70. The lowest BCUT2D eigenvalue weighted by Gasteiger charge is -2.08. The Bertz CT molecular complexity index is 817. The Balaban J connectivity index is 2.33. The Morgan fingerprint density at radius 2 is 1.90 bits per heavy atom. The summed E-state index contributed by atoms with van der Waals surface area (Å²) in [4.78, 5) is 23.2. The Labute approximate surface area is 126 Å². The van der Waals surface area contributed by atoms with E-state index in [1.807, 2.05) is 35.9 Å². The minimum Gasteiger partial charge on any atom is -0.289 e. The van der Waals surface area contributed by atoms with Gasteiger partial charge in [0.1, 0.15) is 6.54 Å². The lowest BCUT2D eigenvalue weighted by molar-refractivity contribution is -0.119. The number of aryl methyl sites for hydroxylation is 1. The van der Waals surface area contributed by atoms with E-state index in [2.05, 4.69) is 0 Å². The first-order chi connectivity index (χ1) is 9.76. The summed E-state index contributed by atoms with van der Waals surface area (Å²) in [6.45, 7) is 1.61. The number of carbonyl (C=O) groups is 1. The number of benzene rings is 1. The molecule has 1 heterocycles. The van der Waals surface area contributed by atoms with Gasteiger partial charge in [0.2, 0.25) is 10.0 Å². The molecule has 0 aliphatic rings. The second kappa shape index (κ2) is 5.82. The van der Waals surface area contributed by atoms with Crippen molar-refractivity contribution in [2.45, 2.75) is 13.5 Å². The van der Waals surface area contributed by atoms with Gasteiger partial charge in [-0.2, -0.15) is 0 Å². The summed E-state index contributed by atoms with van der Waals surface area (Å²) in [6, 6.07) is 7.50. The molecular weight excluding hydrogens is 312 g/mol. The fraction of sp³-hybridized carbons (Fsp3) is 0.231. The van der Waals surface area contributed by atoms with Crippen LogP contribution in [0.4, 0.5) is 0 Å². The van der Waals surface area contributed by atoms with E-state index in [0.29, 0.717) is 5.69 Å². The third-order valence-electron chi connectivity index (χ3n) is 2.73. The van der Waals surface area contributed by atoms with Crippen molar-refractivity contribution in [3.8, 4) is 11.3 Å². The highest BCUT2D eigenvalue weighted by molar-refractivity contribution is 7.89. The summed E-state index contributed by atoms with van der Waals surface area (Å²) >= 11 is 0.968. The molecule has 1 amide bonds. The minimum atomic E-state index is -3.63. The Hall–Kier alpha value is -1.93. The zero-order valence-corrected chi connectivity index (χ0v) is 13.1. The molecule has 1 aromatic carbocycles.